The first-order valence-corrected chi connectivity index (χ1v) is 8.13. The van der Waals surface area contributed by atoms with Gasteiger partial charge >= 0.3 is 0 Å². The zero-order valence-corrected chi connectivity index (χ0v) is 14.1. The van der Waals surface area contributed by atoms with Gasteiger partial charge in [0.15, 0.2) is 0 Å². The summed E-state index contributed by atoms with van der Waals surface area (Å²) in [4.78, 5) is 4.13. The van der Waals surface area contributed by atoms with Crippen molar-refractivity contribution in [1.29, 1.82) is 0 Å². The Hall–Kier alpha value is -1.94. The van der Waals surface area contributed by atoms with Crippen LogP contribution in [0.5, 0.6) is 0 Å². The van der Waals surface area contributed by atoms with Crippen LogP contribution in [0.15, 0.2) is 53.2 Å². The molecule has 23 heavy (non-hydrogen) atoms. The second-order valence-corrected chi connectivity index (χ2v) is 6.32. The molecule has 0 bridgehead atoms. The van der Waals surface area contributed by atoms with E-state index in [0.29, 0.717) is 12.3 Å². The highest BCUT2D eigenvalue weighted by molar-refractivity contribution is 6.30. The van der Waals surface area contributed by atoms with Gasteiger partial charge in [-0.2, -0.15) is 0 Å². The van der Waals surface area contributed by atoms with Gasteiger partial charge in [-0.25, -0.2) is 4.39 Å². The number of halogens is 2. The van der Waals surface area contributed by atoms with Crippen LogP contribution < -0.4 is 0 Å². The quantitative estimate of drug-likeness (QED) is 0.876. The lowest BCUT2D eigenvalue weighted by atomic mass is 9.92. The minimum absolute atomic E-state index is 0.142. The fraction of sp³-hybridized carbons (Fsp3) is 0.333. The number of fused-ring (bicyclic) bond motifs is 1. The molecular formula is C18H20ClFN2O. The molecule has 5 heteroatoms. The predicted molar refractivity (Wildman–Crippen MR) is 90.3 cm³/mol. The highest BCUT2D eigenvalue weighted by Crippen LogP contribution is 2.35. The van der Waals surface area contributed by atoms with Crippen molar-refractivity contribution in [2.45, 2.75) is 26.3 Å². The van der Waals surface area contributed by atoms with Crippen LogP contribution in [0.1, 0.15) is 25.3 Å². The van der Waals surface area contributed by atoms with Gasteiger partial charge in [-0.3, -0.25) is 0 Å². The summed E-state index contributed by atoms with van der Waals surface area (Å²) < 4.78 is 13.3. The molecule has 1 N–H and O–H groups in total. The topological polar surface area (TPSA) is 26.7 Å². The Morgan fingerprint density at radius 2 is 2.09 bits per heavy atom. The Labute approximate surface area is 141 Å². The van der Waals surface area contributed by atoms with Crippen LogP contribution in [0.25, 0.3) is 0 Å². The van der Waals surface area contributed by atoms with E-state index >= 15 is 0 Å². The van der Waals surface area contributed by atoms with Crippen LogP contribution in [-0.2, 0) is 6.54 Å². The van der Waals surface area contributed by atoms with E-state index in [-0.39, 0.29) is 5.02 Å². The van der Waals surface area contributed by atoms with Crippen molar-refractivity contribution in [3.05, 3.63) is 69.6 Å². The number of hydrogen-bond donors (Lipinski definition) is 1. The first-order valence-electron chi connectivity index (χ1n) is 7.75. The molecule has 1 aromatic rings. The number of allylic oxidation sites excluding steroid dienone is 2. The maximum absolute atomic E-state index is 13.3. The van der Waals surface area contributed by atoms with E-state index in [1.807, 2.05) is 18.1 Å². The summed E-state index contributed by atoms with van der Waals surface area (Å²) in [6.45, 7) is 3.62. The summed E-state index contributed by atoms with van der Waals surface area (Å²) in [7, 11) is 1.96. The SMILES string of the molecule is CCC1=C2CCN(Cc3ccc(F)c(Cl)c3)C=C2C(O)=CN1C. The Bertz CT molecular complexity index is 724. The molecule has 0 aliphatic carbocycles. The fourth-order valence-corrected chi connectivity index (χ4v) is 3.44. The molecule has 2 aliphatic heterocycles. The van der Waals surface area contributed by atoms with Gasteiger partial charge in [-0.05, 0) is 36.1 Å². The van der Waals surface area contributed by atoms with Gasteiger partial charge in [0.2, 0.25) is 0 Å². The molecule has 0 unspecified atom stereocenters. The summed E-state index contributed by atoms with van der Waals surface area (Å²) in [5.41, 5.74) is 4.30. The van der Waals surface area contributed by atoms with E-state index in [2.05, 4.69) is 11.8 Å². The zero-order valence-electron chi connectivity index (χ0n) is 13.3. The molecular weight excluding hydrogens is 315 g/mol. The number of nitrogens with zero attached hydrogens (tertiary/aromatic N) is 2. The third kappa shape index (κ3) is 3.08. The lowest BCUT2D eigenvalue weighted by molar-refractivity contribution is 0.333. The van der Waals surface area contributed by atoms with Gasteiger partial charge in [0.25, 0.3) is 0 Å². The van der Waals surface area contributed by atoms with Crippen molar-refractivity contribution < 1.29 is 9.50 Å². The van der Waals surface area contributed by atoms with Crippen LogP contribution >= 0.6 is 11.6 Å². The molecule has 2 aliphatic rings. The van der Waals surface area contributed by atoms with Gasteiger partial charge in [-0.1, -0.05) is 24.6 Å². The number of benzene rings is 1. The Balaban J connectivity index is 1.86. The van der Waals surface area contributed by atoms with Crippen molar-refractivity contribution in [2.75, 3.05) is 13.6 Å². The Kier molecular flexibility index (Phi) is 4.35. The number of hydrogen-bond acceptors (Lipinski definition) is 3. The molecule has 0 atom stereocenters. The third-order valence-electron chi connectivity index (χ3n) is 4.36. The largest absolute Gasteiger partial charge is 0.506 e. The van der Waals surface area contributed by atoms with Gasteiger partial charge in [0, 0.05) is 43.8 Å². The average Bonchev–Trinajstić information content (AvgIpc) is 2.52. The highest BCUT2D eigenvalue weighted by Gasteiger charge is 2.26. The van der Waals surface area contributed by atoms with Gasteiger partial charge in [0.05, 0.1) is 5.02 Å². The maximum Gasteiger partial charge on any atom is 0.141 e. The standard InChI is InChI=1S/C18H20ClFN2O/c1-3-17-13-6-7-22(10-14(13)18(23)11-21(17)2)9-12-4-5-16(20)15(19)8-12/h4-5,8,10-11,23H,3,6-7,9H2,1-2H3. The van der Waals surface area contributed by atoms with E-state index in [0.717, 1.165) is 30.5 Å². The number of aliphatic hydroxyl groups is 1. The van der Waals surface area contributed by atoms with Crippen LogP contribution in [0.4, 0.5) is 4.39 Å². The molecule has 0 saturated carbocycles. The van der Waals surface area contributed by atoms with E-state index < -0.39 is 5.82 Å². The molecule has 0 fully saturated rings. The van der Waals surface area contributed by atoms with E-state index in [1.54, 1.807) is 18.3 Å². The lowest BCUT2D eigenvalue weighted by Crippen LogP contribution is -2.29. The molecule has 0 spiro atoms. The average molecular weight is 335 g/mol. The predicted octanol–water partition coefficient (Wildman–Crippen LogP) is 4.58. The maximum atomic E-state index is 13.3. The monoisotopic (exact) mass is 334 g/mol. The van der Waals surface area contributed by atoms with Gasteiger partial charge < -0.3 is 14.9 Å². The summed E-state index contributed by atoms with van der Waals surface area (Å²) >= 11 is 5.85. The first-order chi connectivity index (χ1) is 11.0. The summed E-state index contributed by atoms with van der Waals surface area (Å²) in [5.74, 6) is -0.109. The van der Waals surface area contributed by atoms with Crippen LogP contribution in [0, 0.1) is 5.82 Å². The second kappa shape index (κ2) is 6.28. The lowest BCUT2D eigenvalue weighted by Gasteiger charge is -2.35. The molecule has 1 aromatic carbocycles. The van der Waals surface area contributed by atoms with E-state index in [1.165, 1.54) is 17.3 Å². The van der Waals surface area contributed by atoms with Crippen molar-refractivity contribution in [3.63, 3.8) is 0 Å². The molecule has 2 heterocycles. The summed E-state index contributed by atoms with van der Waals surface area (Å²) in [5, 5.41) is 10.4. The van der Waals surface area contributed by atoms with Crippen molar-refractivity contribution in [1.82, 2.24) is 9.80 Å². The molecule has 0 radical (unpaired) electrons. The van der Waals surface area contributed by atoms with Crippen molar-refractivity contribution in [3.8, 4) is 0 Å². The zero-order chi connectivity index (χ0) is 16.6. The van der Waals surface area contributed by atoms with Gasteiger partial charge in [-0.15, -0.1) is 0 Å². The molecule has 122 valence electrons. The van der Waals surface area contributed by atoms with Crippen molar-refractivity contribution in [2.24, 2.45) is 0 Å². The third-order valence-corrected chi connectivity index (χ3v) is 4.65. The van der Waals surface area contributed by atoms with Crippen LogP contribution in [0.2, 0.25) is 5.02 Å². The van der Waals surface area contributed by atoms with E-state index in [4.69, 9.17) is 11.6 Å². The molecule has 3 nitrogen and oxygen atoms in total. The minimum Gasteiger partial charge on any atom is -0.506 e. The Morgan fingerprint density at radius 3 is 2.78 bits per heavy atom. The molecule has 0 saturated heterocycles. The smallest absolute Gasteiger partial charge is 0.141 e. The van der Waals surface area contributed by atoms with Crippen LogP contribution in [-0.4, -0.2) is 28.5 Å². The normalized spacial score (nSPS) is 17.9. The van der Waals surface area contributed by atoms with Crippen molar-refractivity contribution >= 4 is 11.6 Å². The minimum atomic E-state index is -0.402. The number of aliphatic hydroxyl groups excluding tert-OH is 1. The summed E-state index contributed by atoms with van der Waals surface area (Å²) in [6, 6.07) is 4.79. The summed E-state index contributed by atoms with van der Waals surface area (Å²) in [6.07, 6.45) is 5.56. The molecule has 0 aromatic heterocycles. The second-order valence-electron chi connectivity index (χ2n) is 5.92. The fourth-order valence-electron chi connectivity index (χ4n) is 3.24. The highest BCUT2D eigenvalue weighted by atomic mass is 35.5. The Morgan fingerprint density at radius 1 is 1.30 bits per heavy atom. The number of rotatable bonds is 3. The first kappa shape index (κ1) is 15.9. The molecule has 3 rings (SSSR count). The van der Waals surface area contributed by atoms with Crippen LogP contribution in [0.3, 0.4) is 0 Å². The van der Waals surface area contributed by atoms with E-state index in [9.17, 15) is 9.50 Å². The van der Waals surface area contributed by atoms with Gasteiger partial charge in [0.1, 0.15) is 11.6 Å². The molecule has 0 amide bonds.